The standard InChI is InChI=1S/C46H33N/c1-3-10-36(11-4-1)41-14-9-17-46(33-41)47(44-15-5-2-6-16-44)45-28-26-38(27-29-45)37-23-20-34(21-24-37)18-19-35-22-25-42-31-39-12-7-8-13-40(39)32-43(42)30-35/h1-33H/b19-18-. The van der Waals surface area contributed by atoms with E-state index < -0.39 is 0 Å². The topological polar surface area (TPSA) is 3.24 Å². The van der Waals surface area contributed by atoms with Crippen LogP contribution >= 0.6 is 0 Å². The third-order valence-electron chi connectivity index (χ3n) is 8.79. The number of nitrogens with zero attached hydrogens (tertiary/aromatic N) is 1. The Bertz CT molecular complexity index is 2320. The number of para-hydroxylation sites is 1. The van der Waals surface area contributed by atoms with E-state index in [0.717, 1.165) is 17.1 Å². The molecule has 47 heavy (non-hydrogen) atoms. The zero-order chi connectivity index (χ0) is 31.4. The van der Waals surface area contributed by atoms with Crippen molar-refractivity contribution in [2.75, 3.05) is 4.90 Å². The molecule has 1 nitrogen and oxygen atoms in total. The number of hydrogen-bond donors (Lipinski definition) is 0. The molecule has 0 saturated heterocycles. The quantitative estimate of drug-likeness (QED) is 0.130. The minimum Gasteiger partial charge on any atom is -0.310 e. The van der Waals surface area contributed by atoms with Crippen molar-refractivity contribution >= 4 is 50.8 Å². The van der Waals surface area contributed by atoms with Crippen molar-refractivity contribution in [1.29, 1.82) is 0 Å². The van der Waals surface area contributed by atoms with Crippen LogP contribution in [0.3, 0.4) is 0 Å². The van der Waals surface area contributed by atoms with Crippen molar-refractivity contribution in [3.05, 3.63) is 199 Å². The van der Waals surface area contributed by atoms with Gasteiger partial charge in [-0.05, 0) is 110 Å². The van der Waals surface area contributed by atoms with Crippen LogP contribution < -0.4 is 4.90 Å². The maximum absolute atomic E-state index is 2.32. The summed E-state index contributed by atoms with van der Waals surface area (Å²) < 4.78 is 0. The van der Waals surface area contributed by atoms with Crippen LogP contribution in [0.25, 0.3) is 56.0 Å². The molecule has 222 valence electrons. The molecule has 0 fully saturated rings. The molecule has 0 atom stereocenters. The molecule has 8 rings (SSSR count). The number of hydrogen-bond acceptors (Lipinski definition) is 1. The molecule has 1 heteroatoms. The van der Waals surface area contributed by atoms with Crippen LogP contribution in [0.5, 0.6) is 0 Å². The van der Waals surface area contributed by atoms with Crippen LogP contribution in [0.4, 0.5) is 17.1 Å². The van der Waals surface area contributed by atoms with Gasteiger partial charge >= 0.3 is 0 Å². The summed E-state index contributed by atoms with van der Waals surface area (Å²) in [5.41, 5.74) is 10.5. The number of anilines is 3. The van der Waals surface area contributed by atoms with E-state index in [1.54, 1.807) is 0 Å². The van der Waals surface area contributed by atoms with Crippen LogP contribution in [0.1, 0.15) is 11.1 Å². The zero-order valence-electron chi connectivity index (χ0n) is 26.0. The lowest BCUT2D eigenvalue weighted by Gasteiger charge is -2.26. The molecule has 0 spiro atoms. The van der Waals surface area contributed by atoms with E-state index in [4.69, 9.17) is 0 Å². The van der Waals surface area contributed by atoms with Gasteiger partial charge in [0, 0.05) is 17.1 Å². The molecule has 8 aromatic rings. The molecule has 0 radical (unpaired) electrons. The van der Waals surface area contributed by atoms with Gasteiger partial charge in [0.25, 0.3) is 0 Å². The van der Waals surface area contributed by atoms with Crippen LogP contribution in [-0.2, 0) is 0 Å². The molecule has 0 amide bonds. The molecule has 0 heterocycles. The van der Waals surface area contributed by atoms with Gasteiger partial charge in [-0.2, -0.15) is 0 Å². The summed E-state index contributed by atoms with van der Waals surface area (Å²) in [5, 5.41) is 5.08. The highest BCUT2D eigenvalue weighted by molar-refractivity contribution is 5.99. The van der Waals surface area contributed by atoms with E-state index in [2.05, 4.69) is 205 Å². The Balaban J connectivity index is 1.03. The van der Waals surface area contributed by atoms with Gasteiger partial charge in [0.05, 0.1) is 0 Å². The van der Waals surface area contributed by atoms with Crippen molar-refractivity contribution < 1.29 is 0 Å². The lowest BCUT2D eigenvalue weighted by atomic mass is 10.0. The smallest absolute Gasteiger partial charge is 0.0467 e. The fourth-order valence-electron chi connectivity index (χ4n) is 6.32. The van der Waals surface area contributed by atoms with Crippen molar-refractivity contribution in [3.63, 3.8) is 0 Å². The fourth-order valence-corrected chi connectivity index (χ4v) is 6.32. The third-order valence-corrected chi connectivity index (χ3v) is 8.79. The second-order valence-corrected chi connectivity index (χ2v) is 11.9. The summed E-state index contributed by atoms with van der Waals surface area (Å²) in [4.78, 5) is 2.32. The summed E-state index contributed by atoms with van der Waals surface area (Å²) >= 11 is 0. The van der Waals surface area contributed by atoms with Gasteiger partial charge < -0.3 is 4.90 Å². The largest absolute Gasteiger partial charge is 0.310 e. The highest BCUT2D eigenvalue weighted by Crippen LogP contribution is 2.37. The molecular weight excluding hydrogens is 567 g/mol. The van der Waals surface area contributed by atoms with Gasteiger partial charge in [-0.1, -0.05) is 146 Å². The van der Waals surface area contributed by atoms with Gasteiger partial charge in [-0.15, -0.1) is 0 Å². The molecule has 0 unspecified atom stereocenters. The van der Waals surface area contributed by atoms with Crippen molar-refractivity contribution in [1.82, 2.24) is 0 Å². The predicted molar refractivity (Wildman–Crippen MR) is 202 cm³/mol. The van der Waals surface area contributed by atoms with E-state index in [1.165, 1.54) is 54.9 Å². The Kier molecular flexibility index (Phi) is 7.63. The van der Waals surface area contributed by atoms with Gasteiger partial charge in [0.1, 0.15) is 0 Å². The van der Waals surface area contributed by atoms with Crippen LogP contribution in [0.2, 0.25) is 0 Å². The molecule has 0 N–H and O–H groups in total. The second-order valence-electron chi connectivity index (χ2n) is 11.9. The average molecular weight is 600 g/mol. The summed E-state index contributed by atoms with van der Waals surface area (Å²) in [6.45, 7) is 0. The van der Waals surface area contributed by atoms with Gasteiger partial charge in [0.2, 0.25) is 0 Å². The van der Waals surface area contributed by atoms with E-state index in [-0.39, 0.29) is 0 Å². The molecule has 0 aliphatic carbocycles. The maximum Gasteiger partial charge on any atom is 0.0467 e. The Labute approximate surface area is 276 Å². The van der Waals surface area contributed by atoms with Gasteiger partial charge in [-0.25, -0.2) is 0 Å². The summed E-state index contributed by atoms with van der Waals surface area (Å²) in [7, 11) is 0. The predicted octanol–water partition coefficient (Wildman–Crippen LogP) is 13.0. The normalized spacial score (nSPS) is 11.3. The molecular formula is C46H33N. The minimum atomic E-state index is 1.12. The molecule has 0 bridgehead atoms. The van der Waals surface area contributed by atoms with Crippen LogP contribution in [-0.4, -0.2) is 0 Å². The van der Waals surface area contributed by atoms with E-state index in [1.807, 2.05) is 0 Å². The Morgan fingerprint density at radius 3 is 1.49 bits per heavy atom. The van der Waals surface area contributed by atoms with Crippen LogP contribution in [0, 0.1) is 0 Å². The van der Waals surface area contributed by atoms with E-state index in [9.17, 15) is 0 Å². The van der Waals surface area contributed by atoms with E-state index in [0.29, 0.717) is 0 Å². The Morgan fingerprint density at radius 2 is 0.766 bits per heavy atom. The first-order chi connectivity index (χ1) is 23.3. The third kappa shape index (κ3) is 6.08. The first-order valence-corrected chi connectivity index (χ1v) is 16.1. The molecule has 0 aliphatic rings. The highest BCUT2D eigenvalue weighted by Gasteiger charge is 2.13. The second kappa shape index (κ2) is 12.7. The van der Waals surface area contributed by atoms with Crippen molar-refractivity contribution in [2.24, 2.45) is 0 Å². The Hall–Kier alpha value is -6.18. The summed E-state index contributed by atoms with van der Waals surface area (Å²) in [6, 6.07) is 67.3. The van der Waals surface area contributed by atoms with E-state index >= 15 is 0 Å². The zero-order valence-corrected chi connectivity index (χ0v) is 26.0. The summed E-state index contributed by atoms with van der Waals surface area (Å²) in [5.74, 6) is 0. The highest BCUT2D eigenvalue weighted by atomic mass is 15.1. The van der Waals surface area contributed by atoms with Gasteiger partial charge in [0.15, 0.2) is 0 Å². The maximum atomic E-state index is 2.32. The number of rotatable bonds is 7. The molecule has 0 aliphatic heterocycles. The Morgan fingerprint density at radius 1 is 0.277 bits per heavy atom. The monoisotopic (exact) mass is 599 g/mol. The number of fused-ring (bicyclic) bond motifs is 2. The van der Waals surface area contributed by atoms with Gasteiger partial charge in [-0.3, -0.25) is 0 Å². The van der Waals surface area contributed by atoms with Crippen molar-refractivity contribution in [3.8, 4) is 22.3 Å². The lowest BCUT2D eigenvalue weighted by Crippen LogP contribution is -2.09. The molecule has 0 aromatic heterocycles. The molecule has 8 aromatic carbocycles. The number of benzene rings is 8. The first kappa shape index (κ1) is 28.3. The molecule has 0 saturated carbocycles. The van der Waals surface area contributed by atoms with Crippen LogP contribution in [0.15, 0.2) is 188 Å². The first-order valence-electron chi connectivity index (χ1n) is 16.1. The SMILES string of the molecule is C(=C/c1ccc2cc3ccccc3cc2c1)/c1ccc(-c2ccc(N(c3ccccc3)c3cccc(-c4ccccc4)c3)cc2)cc1. The van der Waals surface area contributed by atoms with Crippen molar-refractivity contribution in [2.45, 2.75) is 0 Å². The lowest BCUT2D eigenvalue weighted by molar-refractivity contribution is 1.28. The minimum absolute atomic E-state index is 1.12. The average Bonchev–Trinajstić information content (AvgIpc) is 3.15. The summed E-state index contributed by atoms with van der Waals surface area (Å²) in [6.07, 6.45) is 4.39. The fraction of sp³-hybridized carbons (Fsp3) is 0.